The molecule has 0 heterocycles. The minimum Gasteiger partial charge on any atom is -0.480 e. The first-order chi connectivity index (χ1) is 10.1. The fourth-order valence-electron chi connectivity index (χ4n) is 5.72. The molecule has 4 fully saturated rings. The molecule has 1 amide bonds. The van der Waals surface area contributed by atoms with Crippen LogP contribution in [0.1, 0.15) is 57.8 Å². The fraction of sp³-hybridized carbons (Fsp3) is 0.882. The molecule has 4 rings (SSSR count). The second-order valence-corrected chi connectivity index (χ2v) is 7.80. The number of hydrogen-bond acceptors (Lipinski definition) is 2. The lowest BCUT2D eigenvalue weighted by Gasteiger charge is -2.29. The van der Waals surface area contributed by atoms with Gasteiger partial charge in [0.25, 0.3) is 0 Å². The summed E-state index contributed by atoms with van der Waals surface area (Å²) < 4.78 is 0. The average molecular weight is 291 g/mol. The number of amides is 1. The Hall–Kier alpha value is -1.06. The van der Waals surface area contributed by atoms with Gasteiger partial charge in [-0.1, -0.05) is 25.7 Å². The van der Waals surface area contributed by atoms with Crippen LogP contribution in [0.4, 0.5) is 0 Å². The number of hydrogen-bond donors (Lipinski definition) is 2. The molecule has 0 aromatic rings. The molecule has 2 bridgehead atoms. The lowest BCUT2D eigenvalue weighted by atomic mass is 9.89. The molecule has 2 N–H and O–H groups in total. The van der Waals surface area contributed by atoms with Gasteiger partial charge in [-0.15, -0.1) is 0 Å². The van der Waals surface area contributed by atoms with E-state index in [1.807, 2.05) is 0 Å². The van der Waals surface area contributed by atoms with Crippen molar-refractivity contribution in [2.45, 2.75) is 63.3 Å². The van der Waals surface area contributed by atoms with Gasteiger partial charge >= 0.3 is 5.97 Å². The van der Waals surface area contributed by atoms with E-state index >= 15 is 0 Å². The number of carbonyl (C=O) groups is 2. The van der Waals surface area contributed by atoms with Crippen LogP contribution in [0.2, 0.25) is 0 Å². The minimum atomic E-state index is -0.983. The molecule has 4 nitrogen and oxygen atoms in total. The third-order valence-electron chi connectivity index (χ3n) is 6.77. The Morgan fingerprint density at radius 1 is 0.952 bits per heavy atom. The van der Waals surface area contributed by atoms with E-state index in [1.165, 1.54) is 19.3 Å². The Bertz CT molecular complexity index is 451. The number of carboxylic acids is 1. The van der Waals surface area contributed by atoms with Crippen LogP contribution in [0.3, 0.4) is 0 Å². The second kappa shape index (κ2) is 4.72. The molecule has 4 atom stereocenters. The lowest BCUT2D eigenvalue weighted by Crippen LogP contribution is -2.55. The molecule has 0 spiro atoms. The summed E-state index contributed by atoms with van der Waals surface area (Å²) in [4.78, 5) is 24.4. The van der Waals surface area contributed by atoms with Gasteiger partial charge in [0.15, 0.2) is 0 Å². The molecule has 21 heavy (non-hydrogen) atoms. The Balaban J connectivity index is 1.46. The van der Waals surface area contributed by atoms with Gasteiger partial charge in [0, 0.05) is 5.92 Å². The number of aliphatic carboxylic acids is 1. The van der Waals surface area contributed by atoms with E-state index in [-0.39, 0.29) is 11.8 Å². The van der Waals surface area contributed by atoms with Gasteiger partial charge in [0.2, 0.25) is 5.91 Å². The Morgan fingerprint density at radius 2 is 1.52 bits per heavy atom. The number of rotatable bonds is 3. The maximum Gasteiger partial charge on any atom is 0.329 e. The molecule has 0 aliphatic heterocycles. The largest absolute Gasteiger partial charge is 0.480 e. The first-order valence-corrected chi connectivity index (χ1v) is 8.68. The van der Waals surface area contributed by atoms with Gasteiger partial charge in [-0.25, -0.2) is 4.79 Å². The van der Waals surface area contributed by atoms with Crippen LogP contribution in [-0.2, 0) is 9.59 Å². The quantitative estimate of drug-likeness (QED) is 0.785. The summed E-state index contributed by atoms with van der Waals surface area (Å²) in [5.74, 6) is 2.03. The molecular formula is C17H25NO3. The van der Waals surface area contributed by atoms with Crippen LogP contribution in [-0.4, -0.2) is 22.5 Å². The molecule has 0 aromatic heterocycles. The van der Waals surface area contributed by atoms with Crippen molar-refractivity contribution in [3.8, 4) is 0 Å². The highest BCUT2D eigenvalue weighted by atomic mass is 16.4. The highest BCUT2D eigenvalue weighted by Crippen LogP contribution is 2.69. The van der Waals surface area contributed by atoms with Crippen LogP contribution >= 0.6 is 0 Å². The number of carboxylic acid groups (broad SMARTS) is 1. The molecule has 0 aromatic carbocycles. The van der Waals surface area contributed by atoms with Crippen molar-refractivity contribution in [2.75, 3.05) is 0 Å². The minimum absolute atomic E-state index is 0.0471. The molecule has 4 aliphatic rings. The summed E-state index contributed by atoms with van der Waals surface area (Å²) in [7, 11) is 0. The Labute approximate surface area is 125 Å². The van der Waals surface area contributed by atoms with Gasteiger partial charge in [0.05, 0.1) is 0 Å². The van der Waals surface area contributed by atoms with E-state index in [1.54, 1.807) is 0 Å². The average Bonchev–Trinajstić information content (AvgIpc) is 3.02. The maximum absolute atomic E-state index is 12.7. The lowest BCUT2D eigenvalue weighted by molar-refractivity contribution is -0.148. The second-order valence-electron chi connectivity index (χ2n) is 7.80. The maximum atomic E-state index is 12.7. The van der Waals surface area contributed by atoms with E-state index < -0.39 is 11.5 Å². The third-order valence-corrected chi connectivity index (χ3v) is 6.77. The summed E-state index contributed by atoms with van der Waals surface area (Å²) in [6.45, 7) is 0. The van der Waals surface area contributed by atoms with Gasteiger partial charge in [-0.2, -0.15) is 0 Å². The molecule has 116 valence electrons. The molecular weight excluding hydrogens is 266 g/mol. The number of fused-ring (bicyclic) bond motifs is 5. The van der Waals surface area contributed by atoms with Crippen molar-refractivity contribution < 1.29 is 14.7 Å². The summed E-state index contributed by atoms with van der Waals surface area (Å²) in [5.41, 5.74) is -0.983. The first-order valence-electron chi connectivity index (χ1n) is 8.68. The topological polar surface area (TPSA) is 66.4 Å². The van der Waals surface area contributed by atoms with Crippen molar-refractivity contribution in [1.29, 1.82) is 0 Å². The zero-order valence-corrected chi connectivity index (χ0v) is 12.5. The van der Waals surface area contributed by atoms with Crippen LogP contribution in [0.15, 0.2) is 0 Å². The van der Waals surface area contributed by atoms with Gasteiger partial charge in [-0.3, -0.25) is 4.79 Å². The zero-order valence-electron chi connectivity index (χ0n) is 12.5. The predicted octanol–water partition coefficient (Wildman–Crippen LogP) is 2.57. The van der Waals surface area contributed by atoms with Crippen LogP contribution in [0.25, 0.3) is 0 Å². The molecule has 4 heteroatoms. The summed E-state index contributed by atoms with van der Waals surface area (Å²) in [5, 5.41) is 12.7. The molecule has 4 aliphatic carbocycles. The first kappa shape index (κ1) is 13.6. The van der Waals surface area contributed by atoms with E-state index in [4.69, 9.17) is 0 Å². The fourth-order valence-corrected chi connectivity index (χ4v) is 5.72. The highest BCUT2D eigenvalue weighted by molar-refractivity contribution is 5.90. The monoisotopic (exact) mass is 291 g/mol. The SMILES string of the molecule is O=C(NC1(C(=O)O)CCCCCC1)C1C2C3CCC(C3)C12. The van der Waals surface area contributed by atoms with Crippen molar-refractivity contribution >= 4 is 11.9 Å². The van der Waals surface area contributed by atoms with E-state index in [9.17, 15) is 14.7 Å². The van der Waals surface area contributed by atoms with Crippen molar-refractivity contribution in [3.63, 3.8) is 0 Å². The molecule has 4 unspecified atom stereocenters. The molecule has 0 radical (unpaired) electrons. The van der Waals surface area contributed by atoms with Crippen molar-refractivity contribution in [2.24, 2.45) is 29.6 Å². The van der Waals surface area contributed by atoms with Crippen LogP contribution < -0.4 is 5.32 Å². The number of carbonyl (C=O) groups excluding carboxylic acids is 1. The van der Waals surface area contributed by atoms with Gasteiger partial charge in [0.1, 0.15) is 5.54 Å². The standard InChI is InChI=1S/C17H25NO3/c19-15(14-12-10-5-6-11(9-10)13(12)14)18-17(16(20)21)7-3-1-2-4-8-17/h10-14H,1-9H2,(H,18,19)(H,20,21). The zero-order chi connectivity index (χ0) is 14.6. The van der Waals surface area contributed by atoms with Gasteiger partial charge in [-0.05, 0) is 55.8 Å². The third kappa shape index (κ3) is 2.01. The van der Waals surface area contributed by atoms with Crippen LogP contribution in [0.5, 0.6) is 0 Å². The molecule has 0 saturated heterocycles. The Kier molecular flexibility index (Phi) is 3.05. The smallest absolute Gasteiger partial charge is 0.329 e. The highest BCUT2D eigenvalue weighted by Gasteiger charge is 2.68. The van der Waals surface area contributed by atoms with E-state index in [2.05, 4.69) is 5.32 Å². The summed E-state index contributed by atoms with van der Waals surface area (Å²) in [6.07, 6.45) is 9.10. The predicted molar refractivity (Wildman–Crippen MR) is 77.5 cm³/mol. The van der Waals surface area contributed by atoms with Crippen molar-refractivity contribution in [3.05, 3.63) is 0 Å². The van der Waals surface area contributed by atoms with Crippen molar-refractivity contribution in [1.82, 2.24) is 5.32 Å². The Morgan fingerprint density at radius 3 is 2.05 bits per heavy atom. The van der Waals surface area contributed by atoms with E-state index in [0.717, 1.165) is 37.5 Å². The van der Waals surface area contributed by atoms with Gasteiger partial charge < -0.3 is 10.4 Å². The normalized spacial score (nSPS) is 43.0. The summed E-state index contributed by atoms with van der Waals surface area (Å²) >= 11 is 0. The number of nitrogens with one attached hydrogen (secondary N) is 1. The molecule has 4 saturated carbocycles. The van der Waals surface area contributed by atoms with E-state index in [0.29, 0.717) is 24.7 Å². The van der Waals surface area contributed by atoms with Crippen LogP contribution in [0, 0.1) is 29.6 Å². The summed E-state index contributed by atoms with van der Waals surface area (Å²) in [6, 6.07) is 0.